The Hall–Kier alpha value is -0.480. The fourth-order valence-corrected chi connectivity index (χ4v) is 4.44. The Balaban J connectivity index is 2.04. The van der Waals surface area contributed by atoms with Crippen molar-refractivity contribution in [1.82, 2.24) is 0 Å². The number of nitrogens with zero attached hydrogens (tertiary/aromatic N) is 2. The molecule has 2 rings (SSSR count). The van der Waals surface area contributed by atoms with Crippen LogP contribution in [0.1, 0.15) is 12.8 Å². The summed E-state index contributed by atoms with van der Waals surface area (Å²) in [4.78, 5) is 0. The molecular weight excluding hydrogens is 224 g/mol. The minimum absolute atomic E-state index is 0.549. The third kappa shape index (κ3) is 2.98. The van der Waals surface area contributed by atoms with Crippen molar-refractivity contribution in [3.63, 3.8) is 0 Å². The molecule has 0 saturated carbocycles. The lowest BCUT2D eigenvalue weighted by atomic mass is 10.2. The molecule has 1 unspecified atom stereocenters. The Labute approximate surface area is 99.0 Å². The average molecular weight is 238 g/mol. The summed E-state index contributed by atoms with van der Waals surface area (Å²) < 4.78 is 0.558. The second kappa shape index (κ2) is 5.56. The summed E-state index contributed by atoms with van der Waals surface area (Å²) in [6.07, 6.45) is 11.0. The minimum atomic E-state index is 0.549. The van der Waals surface area contributed by atoms with Gasteiger partial charge in [0.05, 0.1) is 9.63 Å². The van der Waals surface area contributed by atoms with Crippen LogP contribution in [0.5, 0.6) is 0 Å². The van der Waals surface area contributed by atoms with Gasteiger partial charge in [-0.25, -0.2) is 0 Å². The van der Waals surface area contributed by atoms with Crippen molar-refractivity contribution >= 4 is 35.3 Å². The fourth-order valence-electron chi connectivity index (χ4n) is 1.62. The maximum Gasteiger partial charge on any atom is 0.0969 e. The van der Waals surface area contributed by atoms with Crippen LogP contribution >= 0.6 is 23.5 Å². The maximum absolute atomic E-state index is 4.10. The molecule has 0 bridgehead atoms. The van der Waals surface area contributed by atoms with Gasteiger partial charge in [-0.3, -0.25) is 0 Å². The van der Waals surface area contributed by atoms with E-state index in [1.807, 2.05) is 23.5 Å². The molecular formula is C11H14N2S2. The van der Waals surface area contributed by atoms with Crippen LogP contribution in [0, 0.1) is 5.92 Å². The monoisotopic (exact) mass is 238 g/mol. The fraction of sp³-hybridized carbons (Fsp3) is 0.455. The van der Waals surface area contributed by atoms with E-state index in [1.54, 1.807) is 0 Å². The maximum atomic E-state index is 4.10. The molecule has 4 heteroatoms. The van der Waals surface area contributed by atoms with E-state index >= 15 is 0 Å². The zero-order chi connectivity index (χ0) is 10.5. The van der Waals surface area contributed by atoms with E-state index in [1.165, 1.54) is 12.2 Å². The first-order chi connectivity index (χ1) is 7.40. The topological polar surface area (TPSA) is 24.7 Å². The Morgan fingerprint density at radius 3 is 2.87 bits per heavy atom. The Kier molecular flexibility index (Phi) is 4.09. The first-order valence-electron chi connectivity index (χ1n) is 5.06. The van der Waals surface area contributed by atoms with Gasteiger partial charge in [0.1, 0.15) is 0 Å². The van der Waals surface area contributed by atoms with Gasteiger partial charge in [-0.15, -0.1) is 16.9 Å². The summed E-state index contributed by atoms with van der Waals surface area (Å²) in [7, 11) is 0. The molecule has 0 amide bonds. The van der Waals surface area contributed by atoms with Crippen LogP contribution in [-0.4, -0.2) is 22.1 Å². The first-order valence-corrected chi connectivity index (χ1v) is 6.99. The first kappa shape index (κ1) is 11.0. The summed E-state index contributed by atoms with van der Waals surface area (Å²) in [5.74, 6) is 1.76. The van der Waals surface area contributed by atoms with Crippen molar-refractivity contribution in [2.24, 2.45) is 16.1 Å². The quantitative estimate of drug-likeness (QED) is 0.544. The second-order valence-corrected chi connectivity index (χ2v) is 6.21. The Morgan fingerprint density at radius 2 is 2.13 bits per heavy atom. The standard InChI is InChI=1S/C11H14N2S2/c1-12-13-10-7-4-8-14-11(15-10)9-5-2-3-6-9/h2-3,5-6,9,11H,1,4,7-8H2. The summed E-state index contributed by atoms with van der Waals surface area (Å²) in [5.41, 5.74) is 0. The van der Waals surface area contributed by atoms with Crippen molar-refractivity contribution in [2.75, 3.05) is 5.75 Å². The lowest BCUT2D eigenvalue weighted by molar-refractivity contribution is 0.931. The molecule has 1 fully saturated rings. The summed E-state index contributed by atoms with van der Waals surface area (Å²) in [6, 6.07) is 0. The molecule has 0 aromatic rings. The molecule has 0 aromatic heterocycles. The van der Waals surface area contributed by atoms with Crippen LogP contribution in [0.2, 0.25) is 0 Å². The highest BCUT2D eigenvalue weighted by molar-refractivity contribution is 8.25. The Bertz CT molecular complexity index is 309. The van der Waals surface area contributed by atoms with Gasteiger partial charge in [0.2, 0.25) is 0 Å². The van der Waals surface area contributed by atoms with Gasteiger partial charge in [0.25, 0.3) is 0 Å². The van der Waals surface area contributed by atoms with Gasteiger partial charge in [0.15, 0.2) is 0 Å². The van der Waals surface area contributed by atoms with Gasteiger partial charge in [-0.2, -0.15) is 5.10 Å². The van der Waals surface area contributed by atoms with Crippen molar-refractivity contribution in [2.45, 2.75) is 17.4 Å². The lowest BCUT2D eigenvalue weighted by Gasteiger charge is -2.17. The summed E-state index contributed by atoms with van der Waals surface area (Å²) in [5, 5.41) is 8.86. The molecule has 80 valence electrons. The van der Waals surface area contributed by atoms with Gasteiger partial charge in [-0.05, 0) is 18.6 Å². The van der Waals surface area contributed by atoms with E-state index < -0.39 is 0 Å². The molecule has 1 aliphatic heterocycles. The van der Waals surface area contributed by atoms with E-state index in [0.29, 0.717) is 10.5 Å². The normalized spacial score (nSPS) is 29.6. The average Bonchev–Trinajstić information content (AvgIpc) is 2.67. The number of rotatable bonds is 2. The van der Waals surface area contributed by atoms with Gasteiger partial charge < -0.3 is 0 Å². The number of thioether (sulfide) groups is 2. The van der Waals surface area contributed by atoms with E-state index in [0.717, 1.165) is 11.5 Å². The predicted molar refractivity (Wildman–Crippen MR) is 71.8 cm³/mol. The zero-order valence-electron chi connectivity index (χ0n) is 8.50. The molecule has 1 aliphatic carbocycles. The van der Waals surface area contributed by atoms with E-state index in [4.69, 9.17) is 0 Å². The third-order valence-electron chi connectivity index (χ3n) is 2.34. The van der Waals surface area contributed by atoms with E-state index in [9.17, 15) is 0 Å². The highest BCUT2D eigenvalue weighted by Gasteiger charge is 2.24. The lowest BCUT2D eigenvalue weighted by Crippen LogP contribution is -2.09. The molecule has 15 heavy (non-hydrogen) atoms. The minimum Gasteiger partial charge on any atom is -0.166 e. The van der Waals surface area contributed by atoms with Gasteiger partial charge in [0, 0.05) is 12.6 Å². The van der Waals surface area contributed by atoms with Crippen LogP contribution < -0.4 is 0 Å². The molecule has 1 saturated heterocycles. The summed E-state index contributed by atoms with van der Waals surface area (Å²) >= 11 is 3.88. The number of hydrogen-bond acceptors (Lipinski definition) is 4. The van der Waals surface area contributed by atoms with Crippen molar-refractivity contribution in [1.29, 1.82) is 0 Å². The molecule has 2 nitrogen and oxygen atoms in total. The van der Waals surface area contributed by atoms with Crippen LogP contribution in [-0.2, 0) is 0 Å². The molecule has 0 aromatic carbocycles. The molecule has 0 spiro atoms. The predicted octanol–water partition coefficient (Wildman–Crippen LogP) is 3.33. The highest BCUT2D eigenvalue weighted by Crippen LogP contribution is 2.38. The smallest absolute Gasteiger partial charge is 0.0969 e. The van der Waals surface area contributed by atoms with Crippen molar-refractivity contribution in [3.05, 3.63) is 24.3 Å². The van der Waals surface area contributed by atoms with Crippen LogP contribution in [0.25, 0.3) is 0 Å². The largest absolute Gasteiger partial charge is 0.166 e. The SMILES string of the molecule is C=NN=C1CCCSC(C2C=CC=C2)S1. The molecule has 1 heterocycles. The van der Waals surface area contributed by atoms with Gasteiger partial charge >= 0.3 is 0 Å². The van der Waals surface area contributed by atoms with Gasteiger partial charge in [-0.1, -0.05) is 36.1 Å². The van der Waals surface area contributed by atoms with Crippen molar-refractivity contribution in [3.8, 4) is 0 Å². The van der Waals surface area contributed by atoms with E-state index in [-0.39, 0.29) is 0 Å². The zero-order valence-corrected chi connectivity index (χ0v) is 10.1. The highest BCUT2D eigenvalue weighted by atomic mass is 32.2. The number of allylic oxidation sites excluding steroid dienone is 4. The van der Waals surface area contributed by atoms with Crippen LogP contribution in [0.15, 0.2) is 34.5 Å². The van der Waals surface area contributed by atoms with Crippen molar-refractivity contribution < 1.29 is 0 Å². The molecule has 2 aliphatic rings. The van der Waals surface area contributed by atoms with Crippen LogP contribution in [0.4, 0.5) is 0 Å². The number of hydrogen-bond donors (Lipinski definition) is 0. The molecule has 0 radical (unpaired) electrons. The van der Waals surface area contributed by atoms with E-state index in [2.05, 4.69) is 41.2 Å². The second-order valence-electron chi connectivity index (χ2n) is 3.44. The molecule has 0 N–H and O–H groups in total. The molecule has 1 atom stereocenters. The van der Waals surface area contributed by atoms with Crippen LogP contribution in [0.3, 0.4) is 0 Å². The summed E-state index contributed by atoms with van der Waals surface area (Å²) in [6.45, 7) is 3.42. The Morgan fingerprint density at radius 1 is 1.33 bits per heavy atom. The third-order valence-corrected chi connectivity index (χ3v) is 5.31.